The van der Waals surface area contributed by atoms with E-state index in [4.69, 9.17) is 19.7 Å². The molecule has 100 valence electrons. The Kier molecular flexibility index (Phi) is 3.08. The van der Waals surface area contributed by atoms with Crippen molar-refractivity contribution < 1.29 is 14.0 Å². The first-order chi connectivity index (χ1) is 9.26. The van der Waals surface area contributed by atoms with Crippen molar-refractivity contribution in [3.63, 3.8) is 0 Å². The van der Waals surface area contributed by atoms with Gasteiger partial charge in [-0.3, -0.25) is 0 Å². The predicted octanol–water partition coefficient (Wildman–Crippen LogP) is 1.60. The van der Waals surface area contributed by atoms with E-state index >= 15 is 0 Å². The number of fused-ring (bicyclic) bond motifs is 1. The fraction of sp³-hybridized carbons (Fsp3) is 0.385. The molecule has 0 saturated carbocycles. The molecule has 2 N–H and O–H groups in total. The van der Waals surface area contributed by atoms with Crippen LogP contribution in [0.15, 0.2) is 22.7 Å². The zero-order valence-electron chi connectivity index (χ0n) is 10.6. The number of nitrogens with two attached hydrogens (primary N) is 1. The molecule has 0 spiro atoms. The number of ether oxygens (including phenoxy) is 2. The molecule has 19 heavy (non-hydrogen) atoms. The number of hydrogen-bond donors (Lipinski definition) is 1. The Morgan fingerprint density at radius 1 is 1.47 bits per heavy atom. The SMILES string of the molecule is CCc1noc(COc2ccc3c(c2)OCC3N)n1. The Bertz CT molecular complexity index is 582. The highest BCUT2D eigenvalue weighted by molar-refractivity contribution is 5.44. The molecule has 1 aliphatic rings. The molecule has 0 fully saturated rings. The largest absolute Gasteiger partial charge is 0.491 e. The molecule has 6 heteroatoms. The standard InChI is InChI=1S/C13H15N3O3/c1-2-12-15-13(19-16-12)7-17-8-3-4-9-10(14)6-18-11(9)5-8/h3-5,10H,2,6-7,14H2,1H3. The van der Waals surface area contributed by atoms with Gasteiger partial charge in [0.2, 0.25) is 0 Å². The van der Waals surface area contributed by atoms with Crippen molar-refractivity contribution in [3.05, 3.63) is 35.5 Å². The third-order valence-electron chi connectivity index (χ3n) is 2.99. The molecule has 0 aliphatic carbocycles. The summed E-state index contributed by atoms with van der Waals surface area (Å²) in [4.78, 5) is 4.17. The predicted molar refractivity (Wildman–Crippen MR) is 66.9 cm³/mol. The molecule has 3 rings (SSSR count). The Labute approximate surface area is 110 Å². The average molecular weight is 261 g/mol. The van der Waals surface area contributed by atoms with Crippen molar-refractivity contribution in [1.82, 2.24) is 10.1 Å². The molecule has 0 bridgehead atoms. The lowest BCUT2D eigenvalue weighted by Gasteiger charge is -2.05. The summed E-state index contributed by atoms with van der Waals surface area (Å²) in [6.45, 7) is 2.73. The lowest BCUT2D eigenvalue weighted by molar-refractivity contribution is 0.241. The van der Waals surface area contributed by atoms with Gasteiger partial charge in [0.15, 0.2) is 12.4 Å². The molecule has 1 unspecified atom stereocenters. The minimum Gasteiger partial charge on any atom is -0.491 e. The first-order valence-electron chi connectivity index (χ1n) is 6.23. The van der Waals surface area contributed by atoms with Gasteiger partial charge in [-0.25, -0.2) is 0 Å². The lowest BCUT2D eigenvalue weighted by Crippen LogP contribution is -2.10. The molecule has 1 atom stereocenters. The van der Waals surface area contributed by atoms with Gasteiger partial charge in [-0.15, -0.1) is 0 Å². The van der Waals surface area contributed by atoms with Gasteiger partial charge in [0, 0.05) is 18.1 Å². The van der Waals surface area contributed by atoms with E-state index in [1.807, 2.05) is 25.1 Å². The number of aryl methyl sites for hydroxylation is 1. The minimum absolute atomic E-state index is 0.0490. The first-order valence-corrected chi connectivity index (χ1v) is 6.23. The molecule has 0 radical (unpaired) electrons. The van der Waals surface area contributed by atoms with Crippen LogP contribution < -0.4 is 15.2 Å². The molecular formula is C13H15N3O3. The van der Waals surface area contributed by atoms with Gasteiger partial charge in [-0.2, -0.15) is 4.98 Å². The molecule has 1 aliphatic heterocycles. The van der Waals surface area contributed by atoms with Crippen molar-refractivity contribution in [1.29, 1.82) is 0 Å². The summed E-state index contributed by atoms with van der Waals surface area (Å²) < 4.78 is 16.1. The quantitative estimate of drug-likeness (QED) is 0.900. The molecule has 2 aromatic rings. The second kappa shape index (κ2) is 4.89. The maximum atomic E-state index is 5.88. The van der Waals surface area contributed by atoms with Crippen LogP contribution in [-0.2, 0) is 13.0 Å². The van der Waals surface area contributed by atoms with Crippen LogP contribution in [0.4, 0.5) is 0 Å². The van der Waals surface area contributed by atoms with E-state index in [0.29, 0.717) is 24.1 Å². The Balaban J connectivity index is 1.67. The van der Waals surface area contributed by atoms with Crippen LogP contribution >= 0.6 is 0 Å². The second-order valence-electron chi connectivity index (χ2n) is 4.36. The average Bonchev–Trinajstić information content (AvgIpc) is 3.03. The molecular weight excluding hydrogens is 246 g/mol. The van der Waals surface area contributed by atoms with Gasteiger partial charge in [0.1, 0.15) is 18.1 Å². The monoisotopic (exact) mass is 261 g/mol. The van der Waals surface area contributed by atoms with E-state index in [-0.39, 0.29) is 12.6 Å². The van der Waals surface area contributed by atoms with Crippen molar-refractivity contribution in [2.45, 2.75) is 26.0 Å². The third kappa shape index (κ3) is 2.39. The highest BCUT2D eigenvalue weighted by Gasteiger charge is 2.20. The Hall–Kier alpha value is -2.08. The van der Waals surface area contributed by atoms with Crippen molar-refractivity contribution in [2.75, 3.05) is 6.61 Å². The minimum atomic E-state index is -0.0490. The van der Waals surface area contributed by atoms with Gasteiger partial charge < -0.3 is 19.7 Å². The van der Waals surface area contributed by atoms with E-state index in [2.05, 4.69) is 10.1 Å². The zero-order valence-corrected chi connectivity index (χ0v) is 10.6. The van der Waals surface area contributed by atoms with E-state index < -0.39 is 0 Å². The van der Waals surface area contributed by atoms with Gasteiger partial charge in [-0.05, 0) is 12.1 Å². The third-order valence-corrected chi connectivity index (χ3v) is 2.99. The molecule has 0 saturated heterocycles. The summed E-state index contributed by atoms with van der Waals surface area (Å²) in [7, 11) is 0. The number of aromatic nitrogens is 2. The zero-order chi connectivity index (χ0) is 13.2. The van der Waals surface area contributed by atoms with E-state index in [0.717, 1.165) is 17.7 Å². The van der Waals surface area contributed by atoms with Crippen molar-refractivity contribution >= 4 is 0 Å². The molecule has 6 nitrogen and oxygen atoms in total. The first kappa shape index (κ1) is 12.0. The fourth-order valence-electron chi connectivity index (χ4n) is 1.94. The summed E-state index contributed by atoms with van der Waals surface area (Å²) >= 11 is 0. The normalized spacial score (nSPS) is 17.1. The van der Waals surface area contributed by atoms with Crippen LogP contribution in [0, 0.1) is 0 Å². The second-order valence-corrected chi connectivity index (χ2v) is 4.36. The van der Waals surface area contributed by atoms with Crippen LogP contribution in [0.5, 0.6) is 11.5 Å². The fourth-order valence-corrected chi connectivity index (χ4v) is 1.94. The van der Waals surface area contributed by atoms with Crippen LogP contribution in [0.25, 0.3) is 0 Å². The number of hydrogen-bond acceptors (Lipinski definition) is 6. The summed E-state index contributed by atoms with van der Waals surface area (Å²) in [5, 5.41) is 3.81. The highest BCUT2D eigenvalue weighted by Crippen LogP contribution is 2.34. The molecule has 1 aromatic heterocycles. The summed E-state index contributed by atoms with van der Waals surface area (Å²) in [6.07, 6.45) is 0.744. The Morgan fingerprint density at radius 3 is 3.16 bits per heavy atom. The van der Waals surface area contributed by atoms with Crippen LogP contribution in [0.2, 0.25) is 0 Å². The van der Waals surface area contributed by atoms with Gasteiger partial charge in [0.05, 0.1) is 6.04 Å². The van der Waals surface area contributed by atoms with E-state index in [1.165, 1.54) is 0 Å². The molecule has 2 heterocycles. The van der Waals surface area contributed by atoms with E-state index in [9.17, 15) is 0 Å². The molecule has 0 amide bonds. The van der Waals surface area contributed by atoms with Gasteiger partial charge in [0.25, 0.3) is 5.89 Å². The smallest absolute Gasteiger partial charge is 0.264 e. The maximum Gasteiger partial charge on any atom is 0.264 e. The Morgan fingerprint density at radius 2 is 2.37 bits per heavy atom. The molecule has 1 aromatic carbocycles. The van der Waals surface area contributed by atoms with Crippen molar-refractivity contribution in [2.24, 2.45) is 5.73 Å². The maximum absolute atomic E-state index is 5.88. The van der Waals surface area contributed by atoms with Crippen molar-refractivity contribution in [3.8, 4) is 11.5 Å². The topological polar surface area (TPSA) is 83.4 Å². The highest BCUT2D eigenvalue weighted by atomic mass is 16.5. The lowest BCUT2D eigenvalue weighted by atomic mass is 10.1. The number of nitrogens with zero attached hydrogens (tertiary/aromatic N) is 2. The van der Waals surface area contributed by atoms with Crippen LogP contribution in [-0.4, -0.2) is 16.7 Å². The van der Waals surface area contributed by atoms with Crippen LogP contribution in [0.3, 0.4) is 0 Å². The van der Waals surface area contributed by atoms with E-state index in [1.54, 1.807) is 0 Å². The summed E-state index contributed by atoms with van der Waals surface area (Å²) in [5.74, 6) is 2.63. The van der Waals surface area contributed by atoms with Gasteiger partial charge in [-0.1, -0.05) is 12.1 Å². The van der Waals surface area contributed by atoms with Gasteiger partial charge >= 0.3 is 0 Å². The summed E-state index contributed by atoms with van der Waals surface area (Å²) in [5.41, 5.74) is 6.89. The number of rotatable bonds is 4. The summed E-state index contributed by atoms with van der Waals surface area (Å²) in [6, 6.07) is 5.57. The number of benzene rings is 1. The van der Waals surface area contributed by atoms with Crippen LogP contribution in [0.1, 0.15) is 30.2 Å².